The molecule has 0 bridgehead atoms. The van der Waals surface area contributed by atoms with Gasteiger partial charge in [0.15, 0.2) is 5.82 Å². The van der Waals surface area contributed by atoms with Gasteiger partial charge in [0, 0.05) is 37.8 Å². The van der Waals surface area contributed by atoms with Crippen molar-refractivity contribution in [1.82, 2.24) is 29.9 Å². The van der Waals surface area contributed by atoms with Crippen LogP contribution in [0.1, 0.15) is 48.4 Å². The number of hydrogen-bond donors (Lipinski definition) is 1. The van der Waals surface area contributed by atoms with Crippen molar-refractivity contribution in [2.45, 2.75) is 37.8 Å². The quantitative estimate of drug-likeness (QED) is 0.872. The Bertz CT molecular complexity index is 594. The van der Waals surface area contributed by atoms with E-state index >= 15 is 0 Å². The lowest BCUT2D eigenvalue weighted by Gasteiger charge is -2.29. The maximum atomic E-state index is 4.45. The van der Waals surface area contributed by atoms with Gasteiger partial charge < -0.3 is 9.88 Å². The van der Waals surface area contributed by atoms with Gasteiger partial charge in [-0.05, 0) is 12.8 Å². The zero-order valence-electron chi connectivity index (χ0n) is 11.1. The summed E-state index contributed by atoms with van der Waals surface area (Å²) in [6.07, 6.45) is 7.82. The molecule has 19 heavy (non-hydrogen) atoms. The predicted octanol–water partition coefficient (Wildman–Crippen LogP) is 0.972. The Labute approximate surface area is 111 Å². The first kappa shape index (κ1) is 11.2. The fraction of sp³-hybridized carbons (Fsp3) is 0.615. The molecule has 1 atom stereocenters. The number of aryl methyl sites for hydroxylation is 1. The van der Waals surface area contributed by atoms with Crippen LogP contribution in [-0.2, 0) is 13.6 Å². The first-order valence-electron chi connectivity index (χ1n) is 6.98. The highest BCUT2D eigenvalue weighted by Crippen LogP contribution is 2.37. The van der Waals surface area contributed by atoms with Gasteiger partial charge in [-0.1, -0.05) is 6.42 Å². The van der Waals surface area contributed by atoms with Gasteiger partial charge in [0.05, 0.1) is 12.2 Å². The summed E-state index contributed by atoms with van der Waals surface area (Å²) in [5.41, 5.74) is 1.16. The Morgan fingerprint density at radius 2 is 2.11 bits per heavy atom. The summed E-state index contributed by atoms with van der Waals surface area (Å²) in [5, 5.41) is 16.7. The minimum atomic E-state index is 0.128. The fourth-order valence-electron chi connectivity index (χ4n) is 3.01. The van der Waals surface area contributed by atoms with Crippen LogP contribution in [0.2, 0.25) is 0 Å². The fourth-order valence-corrected chi connectivity index (χ4v) is 3.01. The van der Waals surface area contributed by atoms with Gasteiger partial charge in [-0.25, -0.2) is 0 Å². The van der Waals surface area contributed by atoms with Crippen molar-refractivity contribution in [1.29, 1.82) is 0 Å². The van der Waals surface area contributed by atoms with Crippen molar-refractivity contribution in [3.8, 4) is 0 Å². The van der Waals surface area contributed by atoms with Crippen molar-refractivity contribution in [2.24, 2.45) is 7.05 Å². The first-order chi connectivity index (χ1) is 9.33. The molecule has 1 saturated carbocycles. The van der Waals surface area contributed by atoms with Gasteiger partial charge in [0.2, 0.25) is 0 Å². The molecule has 0 aromatic carbocycles. The van der Waals surface area contributed by atoms with Crippen molar-refractivity contribution in [3.63, 3.8) is 0 Å². The molecule has 0 spiro atoms. The van der Waals surface area contributed by atoms with E-state index in [4.69, 9.17) is 0 Å². The van der Waals surface area contributed by atoms with E-state index in [0.717, 1.165) is 24.5 Å². The van der Waals surface area contributed by atoms with E-state index in [1.807, 2.05) is 24.1 Å². The van der Waals surface area contributed by atoms with Crippen LogP contribution in [0.5, 0.6) is 0 Å². The second kappa shape index (κ2) is 4.16. The standard InChI is InChI=1S/C13H18N6/c1-18-8-10(7-15-18)11-13-17-16-12(9-3-2-4-9)19(13)6-5-14-11/h7-9,11,14H,2-6H2,1H3. The summed E-state index contributed by atoms with van der Waals surface area (Å²) in [6.45, 7) is 1.94. The van der Waals surface area contributed by atoms with Gasteiger partial charge in [0.25, 0.3) is 0 Å². The molecule has 4 rings (SSSR count). The van der Waals surface area contributed by atoms with E-state index in [-0.39, 0.29) is 6.04 Å². The molecule has 6 heteroatoms. The summed E-state index contributed by atoms with van der Waals surface area (Å²) in [6, 6.07) is 0.128. The van der Waals surface area contributed by atoms with Crippen LogP contribution in [0.25, 0.3) is 0 Å². The van der Waals surface area contributed by atoms with E-state index in [1.54, 1.807) is 0 Å². The van der Waals surface area contributed by atoms with Gasteiger partial charge >= 0.3 is 0 Å². The molecular weight excluding hydrogens is 240 g/mol. The van der Waals surface area contributed by atoms with E-state index in [9.17, 15) is 0 Å². The topological polar surface area (TPSA) is 60.6 Å². The molecule has 6 nitrogen and oxygen atoms in total. The normalized spacial score (nSPS) is 23.1. The molecule has 2 aromatic heterocycles. The monoisotopic (exact) mass is 258 g/mol. The summed E-state index contributed by atoms with van der Waals surface area (Å²) < 4.78 is 4.15. The molecule has 100 valence electrons. The maximum absolute atomic E-state index is 4.45. The Morgan fingerprint density at radius 3 is 2.79 bits per heavy atom. The van der Waals surface area contributed by atoms with E-state index < -0.39 is 0 Å². The number of hydrogen-bond acceptors (Lipinski definition) is 4. The van der Waals surface area contributed by atoms with Crippen molar-refractivity contribution >= 4 is 0 Å². The van der Waals surface area contributed by atoms with Gasteiger partial charge in [0.1, 0.15) is 5.82 Å². The van der Waals surface area contributed by atoms with Gasteiger partial charge in [-0.15, -0.1) is 10.2 Å². The maximum Gasteiger partial charge on any atom is 0.154 e. The van der Waals surface area contributed by atoms with Gasteiger partial charge in [-0.2, -0.15) is 5.10 Å². The summed E-state index contributed by atoms with van der Waals surface area (Å²) >= 11 is 0. The lowest BCUT2D eigenvalue weighted by Crippen LogP contribution is -2.35. The zero-order valence-corrected chi connectivity index (χ0v) is 11.1. The number of nitrogens with zero attached hydrogens (tertiary/aromatic N) is 5. The average Bonchev–Trinajstić information content (AvgIpc) is 2.94. The largest absolute Gasteiger partial charge is 0.312 e. The average molecular weight is 258 g/mol. The zero-order chi connectivity index (χ0) is 12.8. The number of rotatable bonds is 2. The van der Waals surface area contributed by atoms with Crippen LogP contribution in [0.4, 0.5) is 0 Å². The van der Waals surface area contributed by atoms with Gasteiger partial charge in [-0.3, -0.25) is 4.68 Å². The van der Waals surface area contributed by atoms with Crippen molar-refractivity contribution < 1.29 is 0 Å². The molecule has 0 radical (unpaired) electrons. The molecule has 0 amide bonds. The number of fused-ring (bicyclic) bond motifs is 1. The third kappa shape index (κ3) is 1.70. The van der Waals surface area contributed by atoms with Crippen LogP contribution in [-0.4, -0.2) is 31.1 Å². The van der Waals surface area contributed by atoms with Crippen molar-refractivity contribution in [2.75, 3.05) is 6.54 Å². The van der Waals surface area contributed by atoms with Crippen LogP contribution >= 0.6 is 0 Å². The SMILES string of the molecule is Cn1cc(C2NCCn3c(C4CCC4)nnc32)cn1. The van der Waals surface area contributed by atoms with Crippen LogP contribution < -0.4 is 5.32 Å². The van der Waals surface area contributed by atoms with Crippen LogP contribution in [0, 0.1) is 0 Å². The molecule has 1 aliphatic carbocycles. The molecule has 2 aliphatic rings. The number of aromatic nitrogens is 5. The summed E-state index contributed by atoms with van der Waals surface area (Å²) in [5.74, 6) is 2.87. The first-order valence-corrected chi connectivity index (χ1v) is 6.98. The second-order valence-electron chi connectivity index (χ2n) is 5.53. The predicted molar refractivity (Wildman–Crippen MR) is 69.7 cm³/mol. The highest BCUT2D eigenvalue weighted by Gasteiger charge is 2.31. The summed E-state index contributed by atoms with van der Waals surface area (Å²) in [4.78, 5) is 0. The van der Waals surface area contributed by atoms with E-state index in [1.165, 1.54) is 25.1 Å². The Morgan fingerprint density at radius 1 is 1.26 bits per heavy atom. The molecule has 3 heterocycles. The Hall–Kier alpha value is -1.69. The smallest absolute Gasteiger partial charge is 0.154 e. The molecule has 1 aliphatic heterocycles. The second-order valence-corrected chi connectivity index (χ2v) is 5.53. The molecule has 1 fully saturated rings. The lowest BCUT2D eigenvalue weighted by atomic mass is 9.84. The van der Waals surface area contributed by atoms with Crippen LogP contribution in [0.15, 0.2) is 12.4 Å². The Balaban J connectivity index is 1.72. The Kier molecular flexibility index (Phi) is 2.44. The minimum absolute atomic E-state index is 0.128. The van der Waals surface area contributed by atoms with Crippen molar-refractivity contribution in [3.05, 3.63) is 29.6 Å². The highest BCUT2D eigenvalue weighted by atomic mass is 15.3. The minimum Gasteiger partial charge on any atom is -0.312 e. The van der Waals surface area contributed by atoms with Crippen LogP contribution in [0.3, 0.4) is 0 Å². The molecular formula is C13H18N6. The highest BCUT2D eigenvalue weighted by molar-refractivity contribution is 5.22. The molecule has 2 aromatic rings. The number of nitrogens with one attached hydrogen (secondary N) is 1. The molecule has 0 saturated heterocycles. The molecule has 1 N–H and O–H groups in total. The third-order valence-electron chi connectivity index (χ3n) is 4.28. The third-order valence-corrected chi connectivity index (χ3v) is 4.28. The molecule has 1 unspecified atom stereocenters. The lowest BCUT2D eigenvalue weighted by molar-refractivity contribution is 0.369. The summed E-state index contributed by atoms with van der Waals surface area (Å²) in [7, 11) is 1.94. The van der Waals surface area contributed by atoms with E-state index in [0.29, 0.717) is 5.92 Å². The van der Waals surface area contributed by atoms with E-state index in [2.05, 4.69) is 25.2 Å².